The summed E-state index contributed by atoms with van der Waals surface area (Å²) in [6.45, 7) is 3.76. The van der Waals surface area contributed by atoms with Crippen LogP contribution in [0.5, 0.6) is 5.88 Å². The maximum atomic E-state index is 13.3. The van der Waals surface area contributed by atoms with Crippen LogP contribution in [-0.4, -0.2) is 73.5 Å². The van der Waals surface area contributed by atoms with Crippen molar-refractivity contribution in [1.29, 1.82) is 0 Å². The molecule has 1 aliphatic heterocycles. The number of anilines is 3. The van der Waals surface area contributed by atoms with Crippen LogP contribution in [-0.2, 0) is 14.3 Å². The van der Waals surface area contributed by atoms with Gasteiger partial charge in [0, 0.05) is 30.1 Å². The van der Waals surface area contributed by atoms with E-state index in [2.05, 4.69) is 25.8 Å². The molecule has 192 valence electrons. The van der Waals surface area contributed by atoms with E-state index in [-0.39, 0.29) is 19.0 Å². The minimum absolute atomic E-state index is 0.0846. The van der Waals surface area contributed by atoms with E-state index in [0.717, 1.165) is 0 Å². The van der Waals surface area contributed by atoms with Crippen molar-refractivity contribution in [3.05, 3.63) is 42.7 Å². The Balaban J connectivity index is 1.33. The van der Waals surface area contributed by atoms with Gasteiger partial charge in [-0.2, -0.15) is 5.10 Å². The van der Waals surface area contributed by atoms with Gasteiger partial charge in [-0.25, -0.2) is 4.68 Å². The number of hydrogen-bond donors (Lipinski definition) is 3. The molecule has 1 fully saturated rings. The highest BCUT2D eigenvalue weighted by atomic mass is 16.5. The number of carbonyl (C=O) groups excluding carboxylic acids is 2. The number of nitrogen functional groups attached to an aromatic ring is 1. The molecule has 2 amide bonds. The lowest BCUT2D eigenvalue weighted by Crippen LogP contribution is -2.61. The summed E-state index contributed by atoms with van der Waals surface area (Å²) in [7, 11) is 0. The van der Waals surface area contributed by atoms with E-state index in [4.69, 9.17) is 19.7 Å². The van der Waals surface area contributed by atoms with Crippen molar-refractivity contribution in [2.24, 2.45) is 0 Å². The van der Waals surface area contributed by atoms with Gasteiger partial charge in [-0.15, -0.1) is 10.2 Å². The third kappa shape index (κ3) is 4.54. The smallest absolute Gasteiger partial charge is 0.260 e. The summed E-state index contributed by atoms with van der Waals surface area (Å²) in [6, 6.07) is 8.02. The Hall–Kier alpha value is -4.56. The summed E-state index contributed by atoms with van der Waals surface area (Å²) in [5.41, 5.74) is 4.78. The van der Waals surface area contributed by atoms with Crippen LogP contribution in [0.1, 0.15) is 13.8 Å². The van der Waals surface area contributed by atoms with Crippen LogP contribution in [0.3, 0.4) is 0 Å². The quantitative estimate of drug-likeness (QED) is 0.322. The van der Waals surface area contributed by atoms with Crippen LogP contribution in [0.4, 0.5) is 17.3 Å². The third-order valence-electron chi connectivity index (χ3n) is 5.84. The number of ether oxygens (including phenoxy) is 2. The van der Waals surface area contributed by atoms with Crippen LogP contribution in [0.15, 0.2) is 47.2 Å². The molecular weight excluding hydrogens is 484 g/mol. The molecule has 14 heteroatoms. The molecule has 0 saturated carbocycles. The molecule has 5 rings (SSSR count). The molecule has 1 aromatic carbocycles. The minimum atomic E-state index is -2.20. The third-order valence-corrected chi connectivity index (χ3v) is 5.84. The second-order valence-electron chi connectivity index (χ2n) is 8.42. The number of nitrogens with zero attached hydrogens (tertiary/aromatic N) is 6. The zero-order valence-electron chi connectivity index (χ0n) is 20.0. The lowest BCUT2D eigenvalue weighted by molar-refractivity contribution is -0.165. The molecular formula is C23H24N8O6. The first kappa shape index (κ1) is 24.1. The van der Waals surface area contributed by atoms with E-state index in [0.29, 0.717) is 40.6 Å². The molecule has 0 aliphatic carbocycles. The van der Waals surface area contributed by atoms with Gasteiger partial charge in [0.15, 0.2) is 28.9 Å². The van der Waals surface area contributed by atoms with Crippen LogP contribution < -0.4 is 20.7 Å². The SMILES string of the molecule is CCOc1cc(-n2ccc(N3CCO[C@H]([C@@](C)(O)C(=O)Nc4ccc5c(N)noc5c4)C3=O)n2)cnn1. The van der Waals surface area contributed by atoms with E-state index in [9.17, 15) is 14.7 Å². The normalized spacial score (nSPS) is 17.5. The van der Waals surface area contributed by atoms with Crippen molar-refractivity contribution in [1.82, 2.24) is 25.1 Å². The van der Waals surface area contributed by atoms with E-state index >= 15 is 0 Å². The summed E-state index contributed by atoms with van der Waals surface area (Å²) in [5.74, 6) is -0.571. The highest BCUT2D eigenvalue weighted by molar-refractivity contribution is 6.06. The molecule has 1 aliphatic rings. The lowest BCUT2D eigenvalue weighted by atomic mass is 9.95. The number of benzene rings is 1. The van der Waals surface area contributed by atoms with Gasteiger partial charge >= 0.3 is 0 Å². The molecule has 0 spiro atoms. The predicted molar refractivity (Wildman–Crippen MR) is 130 cm³/mol. The van der Waals surface area contributed by atoms with Gasteiger partial charge in [-0.05, 0) is 26.0 Å². The number of morpholine rings is 1. The number of carbonyl (C=O) groups is 2. The molecule has 1 saturated heterocycles. The van der Waals surface area contributed by atoms with Gasteiger partial charge < -0.3 is 30.2 Å². The molecule has 37 heavy (non-hydrogen) atoms. The number of aromatic nitrogens is 5. The summed E-state index contributed by atoms with van der Waals surface area (Å²) in [5, 5.41) is 30.2. The first-order valence-corrected chi connectivity index (χ1v) is 11.4. The zero-order chi connectivity index (χ0) is 26.2. The average Bonchev–Trinajstić information content (AvgIpc) is 3.52. The molecule has 0 bridgehead atoms. The first-order valence-electron chi connectivity index (χ1n) is 11.4. The molecule has 2 atom stereocenters. The number of hydrogen-bond acceptors (Lipinski definition) is 11. The number of amides is 2. The van der Waals surface area contributed by atoms with Crippen molar-refractivity contribution in [3.63, 3.8) is 0 Å². The minimum Gasteiger partial charge on any atom is -0.477 e. The number of nitrogens with two attached hydrogens (primary N) is 1. The predicted octanol–water partition coefficient (Wildman–Crippen LogP) is 0.906. The van der Waals surface area contributed by atoms with E-state index in [1.165, 1.54) is 28.8 Å². The van der Waals surface area contributed by atoms with Gasteiger partial charge in [-0.1, -0.05) is 5.16 Å². The van der Waals surface area contributed by atoms with Gasteiger partial charge in [0.05, 0.1) is 37.0 Å². The fourth-order valence-electron chi connectivity index (χ4n) is 3.91. The average molecular weight is 508 g/mol. The highest BCUT2D eigenvalue weighted by Gasteiger charge is 2.49. The van der Waals surface area contributed by atoms with Gasteiger partial charge in [0.25, 0.3) is 11.8 Å². The van der Waals surface area contributed by atoms with Crippen molar-refractivity contribution in [3.8, 4) is 11.6 Å². The Bertz CT molecular complexity index is 1460. The van der Waals surface area contributed by atoms with E-state index < -0.39 is 23.5 Å². The standard InChI is InChI=1S/C23H24N8O6/c1-3-35-18-11-14(12-25-27-18)31-7-6-17(28-31)30-8-9-36-19(21(30)32)23(2,34)22(33)26-13-4-5-15-16(10-13)37-29-20(15)24/h4-7,10-12,19,34H,3,8-9H2,1-2H3,(H2,24,29)(H,26,33)/t19-,23+/m0/s1. The van der Waals surface area contributed by atoms with Crippen molar-refractivity contribution in [2.75, 3.05) is 35.7 Å². The lowest BCUT2D eigenvalue weighted by Gasteiger charge is -2.37. The fourth-order valence-corrected chi connectivity index (χ4v) is 3.91. The fraction of sp³-hybridized carbons (Fsp3) is 0.304. The Labute approximate surface area is 209 Å². The maximum absolute atomic E-state index is 13.3. The Morgan fingerprint density at radius 2 is 2.19 bits per heavy atom. The van der Waals surface area contributed by atoms with E-state index in [1.54, 1.807) is 30.5 Å². The summed E-state index contributed by atoms with van der Waals surface area (Å²) >= 11 is 0. The van der Waals surface area contributed by atoms with Crippen LogP contribution in [0, 0.1) is 0 Å². The van der Waals surface area contributed by atoms with Crippen molar-refractivity contribution >= 4 is 40.1 Å². The van der Waals surface area contributed by atoms with Crippen molar-refractivity contribution < 1.29 is 28.7 Å². The number of fused-ring (bicyclic) bond motifs is 1. The molecule has 0 radical (unpaired) electrons. The highest BCUT2D eigenvalue weighted by Crippen LogP contribution is 2.27. The number of nitrogens with one attached hydrogen (secondary N) is 1. The Morgan fingerprint density at radius 3 is 3.00 bits per heavy atom. The summed E-state index contributed by atoms with van der Waals surface area (Å²) in [6.07, 6.45) is 1.68. The van der Waals surface area contributed by atoms with Crippen molar-refractivity contribution in [2.45, 2.75) is 25.6 Å². The molecule has 4 N–H and O–H groups in total. The number of rotatable bonds is 7. The summed E-state index contributed by atoms with van der Waals surface area (Å²) < 4.78 is 17.6. The Kier molecular flexibility index (Phi) is 6.19. The van der Waals surface area contributed by atoms with Crippen LogP contribution >= 0.6 is 0 Å². The second-order valence-corrected chi connectivity index (χ2v) is 8.42. The van der Waals surface area contributed by atoms with Gasteiger partial charge in [-0.3, -0.25) is 14.5 Å². The number of aliphatic hydroxyl groups is 1. The molecule has 4 aromatic rings. The maximum Gasteiger partial charge on any atom is 0.260 e. The van der Waals surface area contributed by atoms with Gasteiger partial charge in [0.1, 0.15) is 0 Å². The van der Waals surface area contributed by atoms with Gasteiger partial charge in [0.2, 0.25) is 5.88 Å². The monoisotopic (exact) mass is 508 g/mol. The first-order chi connectivity index (χ1) is 17.8. The molecule has 0 unspecified atom stereocenters. The largest absolute Gasteiger partial charge is 0.477 e. The van der Waals surface area contributed by atoms with Crippen LogP contribution in [0.25, 0.3) is 16.7 Å². The zero-order valence-corrected chi connectivity index (χ0v) is 20.0. The van der Waals surface area contributed by atoms with Crippen LogP contribution in [0.2, 0.25) is 0 Å². The molecule has 4 heterocycles. The summed E-state index contributed by atoms with van der Waals surface area (Å²) in [4.78, 5) is 27.7. The molecule has 14 nitrogen and oxygen atoms in total. The Morgan fingerprint density at radius 1 is 1.35 bits per heavy atom. The second kappa shape index (κ2) is 9.48. The van der Waals surface area contributed by atoms with E-state index in [1.807, 2.05) is 6.92 Å². The topological polar surface area (TPSA) is 184 Å². The molecule has 3 aromatic heterocycles.